The third-order valence-corrected chi connectivity index (χ3v) is 5.02. The van der Waals surface area contributed by atoms with Gasteiger partial charge in [0.15, 0.2) is 0 Å². The molecule has 0 aromatic carbocycles. The molecule has 0 aliphatic heterocycles. The molecule has 19 heavy (non-hydrogen) atoms. The van der Waals surface area contributed by atoms with E-state index >= 15 is 0 Å². The summed E-state index contributed by atoms with van der Waals surface area (Å²) >= 11 is 3.49. The molecule has 0 saturated carbocycles. The summed E-state index contributed by atoms with van der Waals surface area (Å²) in [6.45, 7) is 10.4. The van der Waals surface area contributed by atoms with Crippen molar-refractivity contribution in [2.75, 3.05) is 6.54 Å². The summed E-state index contributed by atoms with van der Waals surface area (Å²) in [4.78, 5) is 9.13. The van der Waals surface area contributed by atoms with Crippen LogP contribution in [0.1, 0.15) is 42.2 Å². The third-order valence-electron chi connectivity index (χ3n) is 2.68. The summed E-state index contributed by atoms with van der Waals surface area (Å²) in [6, 6.07) is 0. The Labute approximate surface area is 123 Å². The van der Waals surface area contributed by atoms with Crippen molar-refractivity contribution in [3.63, 3.8) is 0 Å². The van der Waals surface area contributed by atoms with Crippen LogP contribution < -0.4 is 5.32 Å². The van der Waals surface area contributed by atoms with E-state index < -0.39 is 0 Å². The van der Waals surface area contributed by atoms with Gasteiger partial charge in [-0.2, -0.15) is 0 Å². The molecule has 0 aliphatic carbocycles. The van der Waals surface area contributed by atoms with Crippen LogP contribution in [0.5, 0.6) is 0 Å². The minimum absolute atomic E-state index is 0.154. The van der Waals surface area contributed by atoms with Crippen molar-refractivity contribution in [2.45, 2.75) is 46.1 Å². The van der Waals surface area contributed by atoms with Gasteiger partial charge in [0.1, 0.15) is 0 Å². The molecule has 2 aromatic rings. The number of nitrogens with zero attached hydrogens (tertiary/aromatic N) is 2. The smallest absolute Gasteiger partial charge is 0.0982 e. The fourth-order valence-corrected chi connectivity index (χ4v) is 3.35. The van der Waals surface area contributed by atoms with Crippen LogP contribution in [0.15, 0.2) is 10.8 Å². The van der Waals surface area contributed by atoms with E-state index in [0.29, 0.717) is 0 Å². The molecule has 0 fully saturated rings. The van der Waals surface area contributed by atoms with Crippen LogP contribution in [-0.2, 0) is 18.4 Å². The summed E-state index contributed by atoms with van der Waals surface area (Å²) < 4.78 is 0. The van der Waals surface area contributed by atoms with Gasteiger partial charge in [0.2, 0.25) is 0 Å². The number of thiazole rings is 2. The van der Waals surface area contributed by atoms with Crippen LogP contribution in [-0.4, -0.2) is 16.5 Å². The van der Waals surface area contributed by atoms with E-state index in [9.17, 15) is 0 Å². The molecule has 2 heterocycles. The molecule has 0 aliphatic rings. The maximum Gasteiger partial charge on any atom is 0.0982 e. The molecular weight excluding hydrogens is 274 g/mol. The van der Waals surface area contributed by atoms with E-state index in [-0.39, 0.29) is 5.41 Å². The molecule has 104 valence electrons. The Kier molecular flexibility index (Phi) is 4.71. The van der Waals surface area contributed by atoms with Crippen LogP contribution in [0.25, 0.3) is 0 Å². The zero-order valence-electron chi connectivity index (χ0n) is 12.0. The largest absolute Gasteiger partial charge is 0.311 e. The van der Waals surface area contributed by atoms with Gasteiger partial charge in [0, 0.05) is 41.4 Å². The highest BCUT2D eigenvalue weighted by molar-refractivity contribution is 7.10. The summed E-state index contributed by atoms with van der Waals surface area (Å²) in [5.74, 6) is 0. The van der Waals surface area contributed by atoms with Gasteiger partial charge < -0.3 is 5.32 Å². The van der Waals surface area contributed by atoms with Crippen molar-refractivity contribution >= 4 is 22.7 Å². The fraction of sp³-hybridized carbons (Fsp3) is 0.571. The van der Waals surface area contributed by atoms with Gasteiger partial charge in [-0.3, -0.25) is 0 Å². The third kappa shape index (κ3) is 4.37. The summed E-state index contributed by atoms with van der Waals surface area (Å²) in [7, 11) is 0. The Morgan fingerprint density at radius 3 is 2.53 bits per heavy atom. The number of hydrogen-bond donors (Lipinski definition) is 1. The summed E-state index contributed by atoms with van der Waals surface area (Å²) in [5.41, 5.74) is 2.42. The van der Waals surface area contributed by atoms with Gasteiger partial charge in [0.05, 0.1) is 15.7 Å². The topological polar surface area (TPSA) is 37.8 Å². The molecule has 2 rings (SSSR count). The maximum absolute atomic E-state index is 4.67. The first-order chi connectivity index (χ1) is 8.95. The van der Waals surface area contributed by atoms with E-state index in [2.05, 4.69) is 46.8 Å². The average Bonchev–Trinajstić information content (AvgIpc) is 2.93. The number of aromatic nitrogens is 2. The lowest BCUT2D eigenvalue weighted by Crippen LogP contribution is -2.17. The molecule has 3 nitrogen and oxygen atoms in total. The fourth-order valence-electron chi connectivity index (χ4n) is 1.66. The Hall–Kier alpha value is -0.780. The zero-order valence-corrected chi connectivity index (χ0v) is 13.6. The van der Waals surface area contributed by atoms with Crippen molar-refractivity contribution < 1.29 is 0 Å². The van der Waals surface area contributed by atoms with Crippen molar-refractivity contribution in [3.05, 3.63) is 32.2 Å². The Morgan fingerprint density at radius 1 is 1.16 bits per heavy atom. The molecule has 0 atom stereocenters. The highest BCUT2D eigenvalue weighted by atomic mass is 32.1. The van der Waals surface area contributed by atoms with Gasteiger partial charge in [-0.15, -0.1) is 22.7 Å². The molecule has 0 bridgehead atoms. The zero-order chi connectivity index (χ0) is 13.9. The summed E-state index contributed by atoms with van der Waals surface area (Å²) in [6.07, 6.45) is 0.995. The van der Waals surface area contributed by atoms with Gasteiger partial charge in [-0.1, -0.05) is 20.8 Å². The first-order valence-electron chi connectivity index (χ1n) is 6.52. The van der Waals surface area contributed by atoms with E-state index in [0.717, 1.165) is 30.9 Å². The van der Waals surface area contributed by atoms with E-state index in [1.165, 1.54) is 10.0 Å². The van der Waals surface area contributed by atoms with Crippen molar-refractivity contribution in [3.8, 4) is 0 Å². The number of nitrogens with one attached hydrogen (secondary N) is 1. The van der Waals surface area contributed by atoms with Gasteiger partial charge >= 0.3 is 0 Å². The van der Waals surface area contributed by atoms with E-state index in [1.807, 2.05) is 6.92 Å². The van der Waals surface area contributed by atoms with Crippen molar-refractivity contribution in [1.82, 2.24) is 15.3 Å². The lowest BCUT2D eigenvalue weighted by atomic mass is 9.98. The molecular formula is C14H21N3S2. The molecule has 0 unspecified atom stereocenters. The monoisotopic (exact) mass is 295 g/mol. The lowest BCUT2D eigenvalue weighted by Gasteiger charge is -2.13. The molecule has 0 radical (unpaired) electrons. The first-order valence-corrected chi connectivity index (χ1v) is 8.27. The van der Waals surface area contributed by atoms with E-state index in [1.54, 1.807) is 22.7 Å². The Balaban J connectivity index is 1.75. The maximum atomic E-state index is 4.67. The van der Waals surface area contributed by atoms with Gasteiger partial charge in [-0.05, 0) is 6.92 Å². The molecule has 5 heteroatoms. The predicted molar refractivity (Wildman–Crippen MR) is 83.1 cm³/mol. The molecule has 0 saturated heterocycles. The van der Waals surface area contributed by atoms with Crippen LogP contribution in [0.2, 0.25) is 0 Å². The number of hydrogen-bond acceptors (Lipinski definition) is 5. The minimum Gasteiger partial charge on any atom is -0.311 e. The number of rotatable bonds is 5. The first kappa shape index (κ1) is 14.6. The van der Waals surface area contributed by atoms with Crippen LogP contribution in [0.4, 0.5) is 0 Å². The van der Waals surface area contributed by atoms with E-state index in [4.69, 9.17) is 0 Å². The molecule has 0 spiro atoms. The summed E-state index contributed by atoms with van der Waals surface area (Å²) in [5, 5.41) is 10.1. The standard InChI is InChI=1S/C14H21N3S2/c1-10-8-18-12(16-10)5-6-15-7-11-9-19-13(17-11)14(2,3)4/h8-9,15H,5-7H2,1-4H3. The second-order valence-corrected chi connectivity index (χ2v) is 7.50. The molecule has 0 amide bonds. The lowest BCUT2D eigenvalue weighted by molar-refractivity contribution is 0.579. The number of aryl methyl sites for hydroxylation is 1. The quantitative estimate of drug-likeness (QED) is 0.857. The van der Waals surface area contributed by atoms with Crippen LogP contribution in [0, 0.1) is 6.92 Å². The second-order valence-electron chi connectivity index (χ2n) is 5.70. The SMILES string of the molecule is Cc1csc(CCNCc2csc(C(C)(C)C)n2)n1. The predicted octanol–water partition coefficient (Wildman–Crippen LogP) is 3.54. The minimum atomic E-state index is 0.154. The second kappa shape index (κ2) is 6.11. The Bertz CT molecular complexity index is 523. The normalized spacial score (nSPS) is 12.0. The van der Waals surface area contributed by atoms with Gasteiger partial charge in [-0.25, -0.2) is 9.97 Å². The molecule has 1 N–H and O–H groups in total. The molecule has 2 aromatic heterocycles. The van der Waals surface area contributed by atoms with Crippen LogP contribution >= 0.6 is 22.7 Å². The van der Waals surface area contributed by atoms with Crippen molar-refractivity contribution in [1.29, 1.82) is 0 Å². The average molecular weight is 295 g/mol. The van der Waals surface area contributed by atoms with Crippen LogP contribution in [0.3, 0.4) is 0 Å². The Morgan fingerprint density at radius 2 is 1.95 bits per heavy atom. The van der Waals surface area contributed by atoms with Gasteiger partial charge in [0.25, 0.3) is 0 Å². The highest BCUT2D eigenvalue weighted by Gasteiger charge is 2.17. The van der Waals surface area contributed by atoms with Crippen molar-refractivity contribution in [2.24, 2.45) is 0 Å². The highest BCUT2D eigenvalue weighted by Crippen LogP contribution is 2.25.